The van der Waals surface area contributed by atoms with Crippen LogP contribution in [0.1, 0.15) is 5.56 Å². The number of H-pyrrole nitrogens is 1. The Labute approximate surface area is 168 Å². The first-order chi connectivity index (χ1) is 14.4. The normalized spacial score (nSPS) is 15.7. The number of carbonyl (C=O) groups excluding carboxylic acids is 1. The highest BCUT2D eigenvalue weighted by molar-refractivity contribution is 5.91. The van der Waals surface area contributed by atoms with Crippen molar-refractivity contribution in [2.75, 3.05) is 6.61 Å². The number of rotatable bonds is 5. The Morgan fingerprint density at radius 3 is 2.60 bits per heavy atom. The maximum Gasteiger partial charge on any atom is 0.412 e. The summed E-state index contributed by atoms with van der Waals surface area (Å²) >= 11 is 0. The van der Waals surface area contributed by atoms with Crippen molar-refractivity contribution in [1.29, 1.82) is 0 Å². The lowest BCUT2D eigenvalue weighted by Crippen LogP contribution is -2.37. The maximum absolute atomic E-state index is 14.3. The topological polar surface area (TPSA) is 98.4 Å². The minimum absolute atomic E-state index is 0.0889. The van der Waals surface area contributed by atoms with Crippen LogP contribution in [0.25, 0.3) is 22.2 Å². The van der Waals surface area contributed by atoms with Gasteiger partial charge in [-0.15, -0.1) is 0 Å². The highest BCUT2D eigenvalue weighted by atomic mass is 19.1. The van der Waals surface area contributed by atoms with E-state index in [-0.39, 0.29) is 24.4 Å². The molecule has 0 saturated carbocycles. The standard InChI is InChI=1S/C20H17F3N4O3/c21-11-3-1-10(2-4-11)18-13(14-7-12(22)8-15(23)19(14)25-18)5-6-30-20(29)24-16-9-17(28)27-26-16/h1-4,7-9,17,25-28H,5-6H2,(H,24,29). The molecule has 1 aromatic heterocycles. The summed E-state index contributed by atoms with van der Waals surface area (Å²) in [6.45, 7) is -0.0889. The van der Waals surface area contributed by atoms with Gasteiger partial charge in [0.15, 0.2) is 0 Å². The van der Waals surface area contributed by atoms with E-state index in [1.54, 1.807) is 0 Å². The smallest absolute Gasteiger partial charge is 0.412 e. The van der Waals surface area contributed by atoms with Crippen LogP contribution in [0, 0.1) is 17.5 Å². The van der Waals surface area contributed by atoms with E-state index in [1.165, 1.54) is 36.4 Å². The first-order valence-corrected chi connectivity index (χ1v) is 9.01. The number of amides is 1. The van der Waals surface area contributed by atoms with Gasteiger partial charge in [0.2, 0.25) is 0 Å². The van der Waals surface area contributed by atoms with Crippen LogP contribution in [0.5, 0.6) is 0 Å². The van der Waals surface area contributed by atoms with Crippen LogP contribution in [-0.4, -0.2) is 29.0 Å². The lowest BCUT2D eigenvalue weighted by atomic mass is 10.0. The first-order valence-electron chi connectivity index (χ1n) is 9.01. The zero-order valence-electron chi connectivity index (χ0n) is 15.4. The third kappa shape index (κ3) is 4.09. The molecule has 156 valence electrons. The fraction of sp³-hybridized carbons (Fsp3) is 0.150. The maximum atomic E-state index is 14.3. The van der Waals surface area contributed by atoms with Crippen molar-refractivity contribution in [2.45, 2.75) is 12.6 Å². The van der Waals surface area contributed by atoms with Gasteiger partial charge in [-0.1, -0.05) is 0 Å². The molecular weight excluding hydrogens is 401 g/mol. The molecule has 1 aliphatic rings. The number of hydrogen-bond donors (Lipinski definition) is 5. The van der Waals surface area contributed by atoms with Crippen molar-refractivity contribution in [2.24, 2.45) is 0 Å². The summed E-state index contributed by atoms with van der Waals surface area (Å²) in [5, 5.41) is 12.0. The van der Waals surface area contributed by atoms with E-state index < -0.39 is 29.8 Å². The molecule has 3 aromatic rings. The van der Waals surface area contributed by atoms with Gasteiger partial charge in [-0.2, -0.15) is 0 Å². The average Bonchev–Trinajstić information content (AvgIpc) is 3.26. The highest BCUT2D eigenvalue weighted by Gasteiger charge is 2.18. The van der Waals surface area contributed by atoms with Crippen LogP contribution in [0.2, 0.25) is 0 Å². The van der Waals surface area contributed by atoms with Crippen LogP contribution >= 0.6 is 0 Å². The largest absolute Gasteiger partial charge is 0.449 e. The molecule has 0 bridgehead atoms. The molecule has 2 aromatic carbocycles. The molecule has 0 radical (unpaired) electrons. The number of aromatic amines is 1. The minimum atomic E-state index is -0.936. The van der Waals surface area contributed by atoms with Crippen molar-refractivity contribution in [3.05, 3.63) is 71.3 Å². The monoisotopic (exact) mass is 418 g/mol. The predicted molar refractivity (Wildman–Crippen MR) is 102 cm³/mol. The number of fused-ring (bicyclic) bond motifs is 1. The summed E-state index contributed by atoms with van der Waals surface area (Å²) in [5.41, 5.74) is 6.68. The van der Waals surface area contributed by atoms with Crippen molar-refractivity contribution in [3.63, 3.8) is 0 Å². The number of alkyl carbamates (subject to hydrolysis) is 1. The molecule has 10 heteroatoms. The minimum Gasteiger partial charge on any atom is -0.449 e. The van der Waals surface area contributed by atoms with E-state index in [4.69, 9.17) is 4.74 Å². The summed E-state index contributed by atoms with van der Waals surface area (Å²) in [5.74, 6) is -1.70. The third-order valence-corrected chi connectivity index (χ3v) is 4.57. The molecule has 0 spiro atoms. The Morgan fingerprint density at radius 2 is 1.90 bits per heavy atom. The van der Waals surface area contributed by atoms with Gasteiger partial charge < -0.3 is 20.3 Å². The first kappa shape index (κ1) is 19.8. The number of aliphatic hydroxyl groups is 1. The Kier molecular flexibility index (Phi) is 5.34. The van der Waals surface area contributed by atoms with Crippen molar-refractivity contribution in [3.8, 4) is 11.3 Å². The highest BCUT2D eigenvalue weighted by Crippen LogP contribution is 2.33. The quantitative estimate of drug-likeness (QED) is 0.439. The number of ether oxygens (including phenoxy) is 1. The number of aromatic nitrogens is 1. The predicted octanol–water partition coefficient (Wildman–Crippen LogP) is 2.79. The zero-order valence-corrected chi connectivity index (χ0v) is 15.4. The van der Waals surface area contributed by atoms with E-state index in [1.807, 2.05) is 0 Å². The van der Waals surface area contributed by atoms with Gasteiger partial charge in [0.25, 0.3) is 0 Å². The molecule has 0 saturated heterocycles. The molecule has 0 aliphatic carbocycles. The van der Waals surface area contributed by atoms with Gasteiger partial charge in [0, 0.05) is 29.6 Å². The number of halogens is 3. The SMILES string of the molecule is O=C(NC1=CC(O)NN1)OCCc1c(-c2ccc(F)cc2)[nH]c2c(F)cc(F)cc12. The lowest BCUT2D eigenvalue weighted by molar-refractivity contribution is 0.149. The number of hydrogen-bond acceptors (Lipinski definition) is 5. The Balaban J connectivity index is 1.57. The van der Waals surface area contributed by atoms with Crippen molar-refractivity contribution in [1.82, 2.24) is 21.2 Å². The van der Waals surface area contributed by atoms with Crippen LogP contribution in [-0.2, 0) is 11.2 Å². The Bertz CT molecular complexity index is 1130. The van der Waals surface area contributed by atoms with Gasteiger partial charge in [0.05, 0.1) is 12.1 Å². The summed E-state index contributed by atoms with van der Waals surface area (Å²) in [6, 6.07) is 7.51. The Hall–Kier alpha value is -3.50. The number of hydrazine groups is 1. The molecule has 1 aliphatic heterocycles. The van der Waals surface area contributed by atoms with E-state index in [0.29, 0.717) is 22.2 Å². The van der Waals surface area contributed by atoms with Gasteiger partial charge in [0.1, 0.15) is 29.5 Å². The van der Waals surface area contributed by atoms with E-state index >= 15 is 0 Å². The second-order valence-electron chi connectivity index (χ2n) is 6.60. The average molecular weight is 418 g/mol. The van der Waals surface area contributed by atoms with E-state index in [2.05, 4.69) is 21.2 Å². The fourth-order valence-corrected chi connectivity index (χ4v) is 3.25. The fourth-order valence-electron chi connectivity index (χ4n) is 3.25. The van der Waals surface area contributed by atoms with Crippen LogP contribution in [0.15, 0.2) is 48.3 Å². The van der Waals surface area contributed by atoms with E-state index in [9.17, 15) is 23.1 Å². The Morgan fingerprint density at radius 1 is 1.13 bits per heavy atom. The molecular formula is C20H17F3N4O3. The zero-order chi connectivity index (χ0) is 21.3. The number of aliphatic hydroxyl groups excluding tert-OH is 1. The second kappa shape index (κ2) is 8.09. The van der Waals surface area contributed by atoms with Crippen molar-refractivity contribution < 1.29 is 27.8 Å². The van der Waals surface area contributed by atoms with Crippen LogP contribution < -0.4 is 16.2 Å². The molecule has 5 N–H and O–H groups in total. The molecule has 2 heterocycles. The van der Waals surface area contributed by atoms with Gasteiger partial charge in [-0.3, -0.25) is 5.32 Å². The van der Waals surface area contributed by atoms with Crippen LogP contribution in [0.4, 0.5) is 18.0 Å². The molecule has 7 nitrogen and oxygen atoms in total. The number of nitrogens with one attached hydrogen (secondary N) is 4. The lowest BCUT2D eigenvalue weighted by Gasteiger charge is -2.09. The molecule has 1 amide bonds. The summed E-state index contributed by atoms with van der Waals surface area (Å²) in [7, 11) is 0. The second-order valence-corrected chi connectivity index (χ2v) is 6.60. The molecule has 4 rings (SSSR count). The summed E-state index contributed by atoms with van der Waals surface area (Å²) < 4.78 is 46.5. The third-order valence-electron chi connectivity index (χ3n) is 4.57. The van der Waals surface area contributed by atoms with Crippen LogP contribution in [0.3, 0.4) is 0 Å². The van der Waals surface area contributed by atoms with Gasteiger partial charge >= 0.3 is 6.09 Å². The number of carbonyl (C=O) groups is 1. The summed E-state index contributed by atoms with van der Waals surface area (Å²) in [6.07, 6.45) is -0.227. The van der Waals surface area contributed by atoms with Crippen molar-refractivity contribution >= 4 is 17.0 Å². The van der Waals surface area contributed by atoms with Gasteiger partial charge in [-0.05, 0) is 41.5 Å². The van der Waals surface area contributed by atoms with Gasteiger partial charge in [-0.25, -0.2) is 23.4 Å². The molecule has 30 heavy (non-hydrogen) atoms. The molecule has 1 unspecified atom stereocenters. The molecule has 0 fully saturated rings. The molecule has 1 atom stereocenters. The summed E-state index contributed by atoms with van der Waals surface area (Å²) in [4.78, 5) is 14.8. The van der Waals surface area contributed by atoms with E-state index in [0.717, 1.165) is 6.07 Å². The number of benzene rings is 2.